The summed E-state index contributed by atoms with van der Waals surface area (Å²) in [5, 5.41) is 13.6. The Morgan fingerprint density at radius 1 is 1.53 bits per heavy atom. The minimum Gasteiger partial charge on any atom is -0.477 e. The summed E-state index contributed by atoms with van der Waals surface area (Å²) in [5.74, 6) is 0.913. The highest BCUT2D eigenvalue weighted by Gasteiger charge is 2.13. The normalized spacial score (nSPS) is 18.9. The van der Waals surface area contributed by atoms with Crippen molar-refractivity contribution in [3.63, 3.8) is 0 Å². The summed E-state index contributed by atoms with van der Waals surface area (Å²) in [4.78, 5) is 11.3. The number of ether oxygens (including phenoxy) is 1. The number of hydrogen-bond acceptors (Lipinski definition) is 5. The number of rotatable bonds is 5. The predicted molar refractivity (Wildman–Crippen MR) is 71.1 cm³/mol. The fourth-order valence-electron chi connectivity index (χ4n) is 2.15. The number of aromatic nitrogens is 2. The van der Waals surface area contributed by atoms with E-state index in [9.17, 15) is 4.79 Å². The van der Waals surface area contributed by atoms with Crippen molar-refractivity contribution in [1.29, 1.82) is 0 Å². The van der Waals surface area contributed by atoms with Crippen LogP contribution >= 0.6 is 0 Å². The van der Waals surface area contributed by atoms with E-state index < -0.39 is 0 Å². The number of nitrogens with one attached hydrogen (secondary N) is 2. The van der Waals surface area contributed by atoms with Crippen LogP contribution in [0.2, 0.25) is 0 Å². The lowest BCUT2D eigenvalue weighted by atomic mass is 9.97. The Morgan fingerprint density at radius 3 is 3.05 bits per heavy atom. The van der Waals surface area contributed by atoms with Crippen molar-refractivity contribution in [2.24, 2.45) is 5.92 Å². The molecule has 2 rings (SSSR count). The average molecular weight is 264 g/mol. The molecule has 1 aliphatic heterocycles. The summed E-state index contributed by atoms with van der Waals surface area (Å²) in [7, 11) is 1.56. The maximum atomic E-state index is 11.3. The van der Waals surface area contributed by atoms with Gasteiger partial charge in [-0.2, -0.15) is 0 Å². The van der Waals surface area contributed by atoms with Crippen LogP contribution in [0.15, 0.2) is 12.1 Å². The molecule has 2 N–H and O–H groups in total. The van der Waals surface area contributed by atoms with E-state index in [1.165, 1.54) is 12.8 Å². The number of nitrogens with zero attached hydrogens (tertiary/aromatic N) is 2. The van der Waals surface area contributed by atoms with Gasteiger partial charge in [0.15, 0.2) is 5.69 Å². The maximum absolute atomic E-state index is 11.3. The Hall–Kier alpha value is -1.69. The van der Waals surface area contributed by atoms with Crippen molar-refractivity contribution in [2.75, 3.05) is 26.7 Å². The van der Waals surface area contributed by atoms with Crippen LogP contribution in [0.4, 0.5) is 0 Å². The molecule has 6 nitrogen and oxygen atoms in total. The summed E-state index contributed by atoms with van der Waals surface area (Å²) >= 11 is 0. The fourth-order valence-corrected chi connectivity index (χ4v) is 2.15. The molecule has 1 amide bonds. The summed E-state index contributed by atoms with van der Waals surface area (Å²) in [6, 6.07) is 3.29. The molecule has 0 bridgehead atoms. The van der Waals surface area contributed by atoms with Crippen LogP contribution in [0, 0.1) is 5.92 Å². The molecule has 1 aromatic heterocycles. The van der Waals surface area contributed by atoms with E-state index in [2.05, 4.69) is 20.8 Å². The van der Waals surface area contributed by atoms with Gasteiger partial charge < -0.3 is 15.4 Å². The first-order valence-corrected chi connectivity index (χ1v) is 6.69. The highest BCUT2D eigenvalue weighted by molar-refractivity contribution is 5.91. The smallest absolute Gasteiger partial charge is 0.271 e. The molecule has 1 atom stereocenters. The second-order valence-electron chi connectivity index (χ2n) is 4.69. The highest BCUT2D eigenvalue weighted by atomic mass is 16.5. The van der Waals surface area contributed by atoms with E-state index in [-0.39, 0.29) is 5.91 Å². The zero-order valence-corrected chi connectivity index (χ0v) is 11.2. The summed E-state index contributed by atoms with van der Waals surface area (Å²) < 4.78 is 5.54. The van der Waals surface area contributed by atoms with Gasteiger partial charge in [-0.15, -0.1) is 10.2 Å². The lowest BCUT2D eigenvalue weighted by Gasteiger charge is -2.22. The van der Waals surface area contributed by atoms with Gasteiger partial charge in [-0.1, -0.05) is 0 Å². The summed E-state index contributed by atoms with van der Waals surface area (Å²) in [6.07, 6.45) is 3.52. The molecule has 6 heteroatoms. The molecule has 0 saturated carbocycles. The zero-order chi connectivity index (χ0) is 13.5. The number of carbonyl (C=O) groups is 1. The number of hydrogen-bond donors (Lipinski definition) is 2. The minimum absolute atomic E-state index is 0.243. The molecule has 2 heterocycles. The Balaban J connectivity index is 1.75. The fraction of sp³-hybridized carbons (Fsp3) is 0.615. The van der Waals surface area contributed by atoms with Crippen molar-refractivity contribution >= 4 is 5.91 Å². The van der Waals surface area contributed by atoms with Crippen molar-refractivity contribution in [2.45, 2.75) is 19.3 Å². The Morgan fingerprint density at radius 2 is 2.42 bits per heavy atom. The number of amides is 1. The molecule has 1 aliphatic rings. The molecule has 0 aliphatic carbocycles. The van der Waals surface area contributed by atoms with Crippen molar-refractivity contribution in [1.82, 2.24) is 20.8 Å². The average Bonchev–Trinajstić information content (AvgIpc) is 2.48. The van der Waals surface area contributed by atoms with Crippen LogP contribution in [0.25, 0.3) is 0 Å². The first-order chi connectivity index (χ1) is 9.29. The van der Waals surface area contributed by atoms with Crippen molar-refractivity contribution in [3.05, 3.63) is 17.8 Å². The third-order valence-corrected chi connectivity index (χ3v) is 3.27. The Kier molecular flexibility index (Phi) is 5.09. The second kappa shape index (κ2) is 7.04. The first kappa shape index (κ1) is 13.7. The largest absolute Gasteiger partial charge is 0.477 e. The van der Waals surface area contributed by atoms with Gasteiger partial charge in [0.1, 0.15) is 0 Å². The van der Waals surface area contributed by atoms with E-state index in [4.69, 9.17) is 4.74 Å². The first-order valence-electron chi connectivity index (χ1n) is 6.69. The monoisotopic (exact) mass is 264 g/mol. The van der Waals surface area contributed by atoms with E-state index in [1.54, 1.807) is 19.2 Å². The highest BCUT2D eigenvalue weighted by Crippen LogP contribution is 2.14. The van der Waals surface area contributed by atoms with Gasteiger partial charge >= 0.3 is 0 Å². The standard InChI is InChI=1S/C13H20N4O2/c1-14-13(18)11-4-5-12(17-16-11)19-8-6-10-3-2-7-15-9-10/h4-5,10,15H,2-3,6-9H2,1H3,(H,14,18). The molecular weight excluding hydrogens is 244 g/mol. The summed E-state index contributed by atoms with van der Waals surface area (Å²) in [6.45, 7) is 2.84. The van der Waals surface area contributed by atoms with Crippen LogP contribution in [0.1, 0.15) is 29.8 Å². The van der Waals surface area contributed by atoms with E-state index in [0.29, 0.717) is 24.1 Å². The lowest BCUT2D eigenvalue weighted by Crippen LogP contribution is -2.30. The van der Waals surface area contributed by atoms with Gasteiger partial charge in [-0.05, 0) is 44.3 Å². The third kappa shape index (κ3) is 4.17. The van der Waals surface area contributed by atoms with Crippen LogP contribution in [-0.2, 0) is 0 Å². The van der Waals surface area contributed by atoms with Gasteiger partial charge in [0.2, 0.25) is 5.88 Å². The Bertz CT molecular complexity index is 402. The SMILES string of the molecule is CNC(=O)c1ccc(OCCC2CCCNC2)nn1. The van der Waals surface area contributed by atoms with Gasteiger partial charge in [0.05, 0.1) is 6.61 Å². The van der Waals surface area contributed by atoms with Gasteiger partial charge in [-0.3, -0.25) is 4.79 Å². The second-order valence-corrected chi connectivity index (χ2v) is 4.69. The molecule has 1 unspecified atom stereocenters. The van der Waals surface area contributed by atoms with Gasteiger partial charge in [0, 0.05) is 13.1 Å². The molecule has 19 heavy (non-hydrogen) atoms. The summed E-state index contributed by atoms with van der Waals surface area (Å²) in [5.41, 5.74) is 0.298. The molecule has 0 radical (unpaired) electrons. The zero-order valence-electron chi connectivity index (χ0n) is 11.2. The molecule has 1 aromatic rings. The quantitative estimate of drug-likeness (QED) is 0.814. The van der Waals surface area contributed by atoms with Crippen LogP contribution in [0.5, 0.6) is 5.88 Å². The molecule has 0 spiro atoms. The third-order valence-electron chi connectivity index (χ3n) is 3.27. The van der Waals surface area contributed by atoms with E-state index in [0.717, 1.165) is 19.5 Å². The predicted octanol–water partition coefficient (Wildman–Crippen LogP) is 0.605. The van der Waals surface area contributed by atoms with Gasteiger partial charge in [-0.25, -0.2) is 0 Å². The van der Waals surface area contributed by atoms with Crippen molar-refractivity contribution in [3.8, 4) is 5.88 Å². The molecule has 1 fully saturated rings. The van der Waals surface area contributed by atoms with E-state index in [1.807, 2.05) is 0 Å². The molecule has 104 valence electrons. The van der Waals surface area contributed by atoms with Crippen LogP contribution in [-0.4, -0.2) is 42.8 Å². The molecular formula is C13H20N4O2. The van der Waals surface area contributed by atoms with Gasteiger partial charge in [0.25, 0.3) is 5.91 Å². The Labute approximate surface area is 112 Å². The minimum atomic E-state index is -0.243. The van der Waals surface area contributed by atoms with Crippen molar-refractivity contribution < 1.29 is 9.53 Å². The molecule has 0 aromatic carbocycles. The topological polar surface area (TPSA) is 76.1 Å². The molecule has 1 saturated heterocycles. The number of carbonyl (C=O) groups excluding carboxylic acids is 1. The van der Waals surface area contributed by atoms with E-state index >= 15 is 0 Å². The van der Waals surface area contributed by atoms with Crippen LogP contribution in [0.3, 0.4) is 0 Å². The van der Waals surface area contributed by atoms with Crippen LogP contribution < -0.4 is 15.4 Å². The lowest BCUT2D eigenvalue weighted by molar-refractivity contribution is 0.0957. The number of piperidine rings is 1. The maximum Gasteiger partial charge on any atom is 0.271 e.